The molecule has 2 aromatic heterocycles. The molecule has 154 valence electrons. The third-order valence-electron chi connectivity index (χ3n) is 4.98. The number of aromatic nitrogens is 4. The minimum Gasteiger partial charge on any atom is -0.264 e. The molecule has 0 aliphatic heterocycles. The molecule has 4 nitrogen and oxygen atoms in total. The quantitative estimate of drug-likeness (QED) is 0.345. The van der Waals surface area contributed by atoms with Crippen LogP contribution >= 0.6 is 0 Å². The molecule has 3 aromatic carbocycles. The Morgan fingerprint density at radius 3 is 1.59 bits per heavy atom. The molecule has 0 saturated heterocycles. The molecule has 0 unspecified atom stereocenters. The van der Waals surface area contributed by atoms with E-state index in [0.717, 1.165) is 11.1 Å². The zero-order valence-corrected chi connectivity index (χ0v) is 16.8. The fourth-order valence-electron chi connectivity index (χ4n) is 3.39. The second-order valence-electron chi connectivity index (χ2n) is 7.09. The molecule has 0 amide bonds. The molecule has 6 heteroatoms. The molecule has 32 heavy (non-hydrogen) atoms. The molecule has 0 saturated carbocycles. The van der Waals surface area contributed by atoms with Crippen molar-refractivity contribution in [3.05, 3.63) is 109 Å². The van der Waals surface area contributed by atoms with Crippen LogP contribution in [0.2, 0.25) is 0 Å². The number of hydrogen-bond donors (Lipinski definition) is 0. The van der Waals surface area contributed by atoms with Gasteiger partial charge in [-0.15, -0.1) is 0 Å². The van der Waals surface area contributed by atoms with Gasteiger partial charge in [-0.05, 0) is 12.1 Å². The minimum absolute atomic E-state index is 0.0992. The Balaban J connectivity index is 1.64. The van der Waals surface area contributed by atoms with Crippen LogP contribution in [-0.2, 0) is 0 Å². The first kappa shape index (κ1) is 19.6. The zero-order chi connectivity index (χ0) is 21.9. The van der Waals surface area contributed by atoms with E-state index in [1.807, 2.05) is 60.7 Å². The Morgan fingerprint density at radius 1 is 0.500 bits per heavy atom. The van der Waals surface area contributed by atoms with E-state index >= 15 is 0 Å². The molecule has 0 fully saturated rings. The number of benzene rings is 3. The van der Waals surface area contributed by atoms with Gasteiger partial charge >= 0.3 is 0 Å². The van der Waals surface area contributed by atoms with Crippen molar-refractivity contribution in [3.63, 3.8) is 0 Å². The maximum Gasteiger partial charge on any atom is 0.164 e. The van der Waals surface area contributed by atoms with Gasteiger partial charge < -0.3 is 0 Å². The summed E-state index contributed by atoms with van der Waals surface area (Å²) in [7, 11) is 0. The standard InChI is InChI=1S/C26H16F2N4/c27-22-13-14-29-16-21(22)20-12-11-19(15-23(20)28)26-31-24(17-7-3-1-4-8-17)30-25(32-26)18-9-5-2-6-10-18/h1-16H. The predicted octanol–water partition coefficient (Wildman–Crippen LogP) is 6.21. The maximum absolute atomic E-state index is 15.0. The van der Waals surface area contributed by atoms with Crippen molar-refractivity contribution in [1.82, 2.24) is 19.9 Å². The van der Waals surface area contributed by atoms with Gasteiger partial charge in [-0.25, -0.2) is 23.7 Å². The van der Waals surface area contributed by atoms with Crippen LogP contribution in [0, 0.1) is 11.6 Å². The molecule has 0 N–H and O–H groups in total. The SMILES string of the molecule is Fc1cc(-c2nc(-c3ccccc3)nc(-c3ccccc3)n2)ccc1-c1cnccc1F. The van der Waals surface area contributed by atoms with Crippen LogP contribution in [0.3, 0.4) is 0 Å². The smallest absolute Gasteiger partial charge is 0.164 e. The summed E-state index contributed by atoms with van der Waals surface area (Å²) in [6.07, 6.45) is 2.63. The summed E-state index contributed by atoms with van der Waals surface area (Å²) >= 11 is 0. The van der Waals surface area contributed by atoms with E-state index in [9.17, 15) is 8.78 Å². The van der Waals surface area contributed by atoms with Gasteiger partial charge in [-0.3, -0.25) is 4.98 Å². The van der Waals surface area contributed by atoms with Crippen LogP contribution in [0.4, 0.5) is 8.78 Å². The van der Waals surface area contributed by atoms with Gasteiger partial charge in [-0.2, -0.15) is 0 Å². The van der Waals surface area contributed by atoms with Crippen molar-refractivity contribution in [1.29, 1.82) is 0 Å². The predicted molar refractivity (Wildman–Crippen MR) is 119 cm³/mol. The summed E-state index contributed by atoms with van der Waals surface area (Å²) in [5.74, 6) is 0.172. The van der Waals surface area contributed by atoms with Gasteiger partial charge in [0.2, 0.25) is 0 Å². The summed E-state index contributed by atoms with van der Waals surface area (Å²) in [6, 6.07) is 24.7. The monoisotopic (exact) mass is 422 g/mol. The molecule has 5 aromatic rings. The topological polar surface area (TPSA) is 51.6 Å². The summed E-state index contributed by atoms with van der Waals surface area (Å²) < 4.78 is 29.1. The van der Waals surface area contributed by atoms with E-state index in [1.165, 1.54) is 30.6 Å². The average molecular weight is 422 g/mol. The van der Waals surface area contributed by atoms with Gasteiger partial charge in [0.25, 0.3) is 0 Å². The van der Waals surface area contributed by atoms with Gasteiger partial charge in [0.1, 0.15) is 11.6 Å². The molecule has 0 bridgehead atoms. The lowest BCUT2D eigenvalue weighted by Crippen LogP contribution is -2.00. The van der Waals surface area contributed by atoms with Crippen molar-refractivity contribution in [2.24, 2.45) is 0 Å². The molecular weight excluding hydrogens is 406 g/mol. The molecular formula is C26H16F2N4. The van der Waals surface area contributed by atoms with Crippen molar-refractivity contribution >= 4 is 0 Å². The molecule has 0 aliphatic rings. The zero-order valence-electron chi connectivity index (χ0n) is 16.8. The summed E-state index contributed by atoms with van der Waals surface area (Å²) in [5, 5.41) is 0. The highest BCUT2D eigenvalue weighted by Gasteiger charge is 2.15. The fraction of sp³-hybridized carbons (Fsp3) is 0. The molecule has 0 atom stereocenters. The van der Waals surface area contributed by atoms with Crippen LogP contribution < -0.4 is 0 Å². The van der Waals surface area contributed by atoms with Crippen LogP contribution in [0.5, 0.6) is 0 Å². The first-order valence-corrected chi connectivity index (χ1v) is 9.96. The number of pyridine rings is 1. The average Bonchev–Trinajstić information content (AvgIpc) is 2.85. The summed E-state index contributed by atoms with van der Waals surface area (Å²) in [5.41, 5.74) is 2.33. The Labute approximate surface area is 183 Å². The van der Waals surface area contributed by atoms with Crippen molar-refractivity contribution < 1.29 is 8.78 Å². The second-order valence-corrected chi connectivity index (χ2v) is 7.09. The van der Waals surface area contributed by atoms with Crippen molar-refractivity contribution in [3.8, 4) is 45.3 Å². The van der Waals surface area contributed by atoms with Crippen molar-refractivity contribution in [2.45, 2.75) is 0 Å². The first-order chi connectivity index (χ1) is 15.7. The van der Waals surface area contributed by atoms with Crippen molar-refractivity contribution in [2.75, 3.05) is 0 Å². The van der Waals surface area contributed by atoms with Gasteiger partial charge in [0.15, 0.2) is 17.5 Å². The lowest BCUT2D eigenvalue weighted by atomic mass is 10.0. The summed E-state index contributed by atoms with van der Waals surface area (Å²) in [6.45, 7) is 0. The highest BCUT2D eigenvalue weighted by atomic mass is 19.1. The maximum atomic E-state index is 15.0. The second kappa shape index (κ2) is 8.43. The fourth-order valence-corrected chi connectivity index (χ4v) is 3.39. The van der Waals surface area contributed by atoms with Crippen LogP contribution in [0.1, 0.15) is 0 Å². The first-order valence-electron chi connectivity index (χ1n) is 9.96. The largest absolute Gasteiger partial charge is 0.264 e. The highest BCUT2D eigenvalue weighted by Crippen LogP contribution is 2.29. The number of hydrogen-bond acceptors (Lipinski definition) is 4. The Hall–Kier alpha value is -4.32. The lowest BCUT2D eigenvalue weighted by Gasteiger charge is -2.10. The number of halogens is 2. The summed E-state index contributed by atoms with van der Waals surface area (Å²) in [4.78, 5) is 17.7. The molecule has 5 rings (SSSR count). The lowest BCUT2D eigenvalue weighted by molar-refractivity contribution is 0.615. The third-order valence-corrected chi connectivity index (χ3v) is 4.98. The van der Waals surface area contributed by atoms with E-state index < -0.39 is 11.6 Å². The number of rotatable bonds is 4. The van der Waals surface area contributed by atoms with Gasteiger partial charge in [0.05, 0.1) is 0 Å². The third kappa shape index (κ3) is 3.86. The van der Waals surface area contributed by atoms with Crippen LogP contribution in [0.15, 0.2) is 97.3 Å². The van der Waals surface area contributed by atoms with Crippen LogP contribution in [-0.4, -0.2) is 19.9 Å². The number of nitrogens with zero attached hydrogens (tertiary/aromatic N) is 4. The molecule has 2 heterocycles. The van der Waals surface area contributed by atoms with Gasteiger partial charge in [-0.1, -0.05) is 72.8 Å². The van der Waals surface area contributed by atoms with Gasteiger partial charge in [0, 0.05) is 40.2 Å². The Morgan fingerprint density at radius 2 is 1.06 bits per heavy atom. The minimum atomic E-state index is -0.586. The molecule has 0 spiro atoms. The van der Waals surface area contributed by atoms with E-state index in [1.54, 1.807) is 6.07 Å². The normalized spacial score (nSPS) is 10.8. The molecule has 0 radical (unpaired) electrons. The van der Waals surface area contributed by atoms with E-state index in [4.69, 9.17) is 0 Å². The van der Waals surface area contributed by atoms with Crippen LogP contribution in [0.25, 0.3) is 45.3 Å². The Kier molecular flexibility index (Phi) is 5.17. The Bertz CT molecular complexity index is 1330. The van der Waals surface area contributed by atoms with E-state index in [-0.39, 0.29) is 11.1 Å². The highest BCUT2D eigenvalue weighted by molar-refractivity contribution is 5.70. The van der Waals surface area contributed by atoms with E-state index in [0.29, 0.717) is 23.0 Å². The van der Waals surface area contributed by atoms with E-state index in [2.05, 4.69) is 19.9 Å². The molecule has 0 aliphatic carbocycles.